The molecule has 136 valence electrons. The second-order valence-corrected chi connectivity index (χ2v) is 6.12. The van der Waals surface area contributed by atoms with E-state index in [1.165, 1.54) is 17.2 Å². The second kappa shape index (κ2) is 7.17. The molecule has 2 aromatic heterocycles. The number of anilines is 1. The normalized spacial score (nSPS) is 27.5. The zero-order valence-electron chi connectivity index (χ0n) is 12.9. The number of hydrogen-bond donors (Lipinski definition) is 5. The van der Waals surface area contributed by atoms with Crippen LogP contribution in [0.2, 0.25) is 0 Å². The first-order valence-corrected chi connectivity index (χ1v) is 8.51. The molecule has 2 aromatic rings. The van der Waals surface area contributed by atoms with Gasteiger partial charge in [0.05, 0.1) is 11.7 Å². The average molecular weight is 417 g/mol. The molecule has 0 aromatic carbocycles. The van der Waals surface area contributed by atoms with Crippen molar-refractivity contribution in [2.75, 3.05) is 17.6 Å². The number of imidazole rings is 1. The lowest BCUT2D eigenvalue weighted by molar-refractivity contribution is -0.120. The number of amides is 1. The molecular formula is C13H17BrN6O5. The quantitative estimate of drug-likeness (QED) is 0.342. The van der Waals surface area contributed by atoms with Crippen LogP contribution in [-0.4, -0.2) is 77.0 Å². The molecule has 5 unspecified atom stereocenters. The highest BCUT2D eigenvalue weighted by Gasteiger charge is 2.47. The van der Waals surface area contributed by atoms with Crippen LogP contribution in [0.3, 0.4) is 0 Å². The first kappa shape index (κ1) is 17.9. The summed E-state index contributed by atoms with van der Waals surface area (Å²) < 4.78 is 7.02. The predicted molar refractivity (Wildman–Crippen MR) is 88.5 cm³/mol. The van der Waals surface area contributed by atoms with Crippen LogP contribution >= 0.6 is 15.9 Å². The number of rotatable bonds is 5. The van der Waals surface area contributed by atoms with E-state index < -0.39 is 30.6 Å². The highest BCUT2D eigenvalue weighted by molar-refractivity contribution is 9.09. The van der Waals surface area contributed by atoms with Crippen LogP contribution in [0.4, 0.5) is 5.82 Å². The summed E-state index contributed by atoms with van der Waals surface area (Å²) in [6.07, 6.45) is -3.44. The summed E-state index contributed by atoms with van der Waals surface area (Å²) in [5.74, 6) is -0.151. The Morgan fingerprint density at radius 2 is 2.16 bits per heavy atom. The fourth-order valence-corrected chi connectivity index (χ4v) is 2.87. The minimum atomic E-state index is -1.36. The minimum absolute atomic E-state index is 0.0845. The summed E-state index contributed by atoms with van der Waals surface area (Å²) in [5.41, 5.74) is 6.38. The SMILES string of the molecule is Nc1ncnc2c1ncn2C1OC(C(O)CNC(=O)CBr)C(O)C1O. The van der Waals surface area contributed by atoms with Gasteiger partial charge in [-0.2, -0.15) is 0 Å². The maximum atomic E-state index is 11.2. The molecule has 1 amide bonds. The van der Waals surface area contributed by atoms with Crippen molar-refractivity contribution in [3.63, 3.8) is 0 Å². The first-order valence-electron chi connectivity index (χ1n) is 7.39. The number of carbonyl (C=O) groups excluding carboxylic acids is 1. The number of fused-ring (bicyclic) bond motifs is 1. The van der Waals surface area contributed by atoms with Gasteiger partial charge in [0.25, 0.3) is 0 Å². The van der Waals surface area contributed by atoms with Crippen molar-refractivity contribution in [3.05, 3.63) is 12.7 Å². The highest BCUT2D eigenvalue weighted by Crippen LogP contribution is 2.33. The largest absolute Gasteiger partial charge is 0.388 e. The van der Waals surface area contributed by atoms with E-state index in [0.29, 0.717) is 11.2 Å². The third-order valence-electron chi connectivity index (χ3n) is 3.95. The van der Waals surface area contributed by atoms with Gasteiger partial charge in [-0.25, -0.2) is 15.0 Å². The van der Waals surface area contributed by atoms with Crippen molar-refractivity contribution in [2.24, 2.45) is 0 Å². The molecule has 0 radical (unpaired) electrons. The van der Waals surface area contributed by atoms with Crippen LogP contribution in [-0.2, 0) is 9.53 Å². The molecule has 0 saturated carbocycles. The van der Waals surface area contributed by atoms with Gasteiger partial charge in [-0.15, -0.1) is 0 Å². The molecule has 12 heteroatoms. The second-order valence-electron chi connectivity index (χ2n) is 5.56. The van der Waals surface area contributed by atoms with Crippen LogP contribution in [0.5, 0.6) is 0 Å². The number of hydrogen-bond acceptors (Lipinski definition) is 9. The van der Waals surface area contributed by atoms with E-state index >= 15 is 0 Å². The summed E-state index contributed by atoms with van der Waals surface area (Å²) in [6, 6.07) is 0. The van der Waals surface area contributed by atoms with Gasteiger partial charge in [0.15, 0.2) is 17.7 Å². The Bertz CT molecular complexity index is 772. The number of aliphatic hydroxyl groups excluding tert-OH is 3. The van der Waals surface area contributed by atoms with Gasteiger partial charge in [0.2, 0.25) is 5.91 Å². The topological polar surface area (TPSA) is 169 Å². The van der Waals surface area contributed by atoms with Crippen LogP contribution in [0.1, 0.15) is 6.23 Å². The summed E-state index contributed by atoms with van der Waals surface area (Å²) in [5, 5.41) is 33.2. The first-order chi connectivity index (χ1) is 11.9. The Morgan fingerprint density at radius 1 is 1.40 bits per heavy atom. The maximum Gasteiger partial charge on any atom is 0.230 e. The monoisotopic (exact) mass is 416 g/mol. The molecule has 5 atom stereocenters. The van der Waals surface area contributed by atoms with E-state index in [1.807, 2.05) is 0 Å². The number of carbonyl (C=O) groups is 1. The van der Waals surface area contributed by atoms with E-state index in [2.05, 4.69) is 36.2 Å². The van der Waals surface area contributed by atoms with Crippen molar-refractivity contribution >= 4 is 38.8 Å². The Kier molecular flexibility index (Phi) is 5.15. The van der Waals surface area contributed by atoms with Gasteiger partial charge < -0.3 is 31.1 Å². The Labute approximate surface area is 150 Å². The number of alkyl halides is 1. The molecule has 1 fully saturated rings. The van der Waals surface area contributed by atoms with E-state index in [0.717, 1.165) is 0 Å². The minimum Gasteiger partial charge on any atom is -0.388 e. The smallest absolute Gasteiger partial charge is 0.230 e. The Balaban J connectivity index is 1.79. The van der Waals surface area contributed by atoms with E-state index in [9.17, 15) is 20.1 Å². The van der Waals surface area contributed by atoms with Gasteiger partial charge in [-0.3, -0.25) is 9.36 Å². The Morgan fingerprint density at radius 3 is 2.88 bits per heavy atom. The molecule has 6 N–H and O–H groups in total. The zero-order valence-corrected chi connectivity index (χ0v) is 14.4. The number of nitrogen functional groups attached to an aromatic ring is 1. The summed E-state index contributed by atoms with van der Waals surface area (Å²) in [7, 11) is 0. The third-order valence-corrected chi connectivity index (χ3v) is 4.45. The van der Waals surface area contributed by atoms with E-state index in [4.69, 9.17) is 10.5 Å². The lowest BCUT2D eigenvalue weighted by Gasteiger charge is -2.21. The molecular weight excluding hydrogens is 400 g/mol. The molecule has 1 saturated heterocycles. The molecule has 25 heavy (non-hydrogen) atoms. The van der Waals surface area contributed by atoms with Crippen molar-refractivity contribution in [2.45, 2.75) is 30.6 Å². The van der Waals surface area contributed by atoms with Crippen molar-refractivity contribution in [1.82, 2.24) is 24.8 Å². The van der Waals surface area contributed by atoms with Crippen LogP contribution in [0.25, 0.3) is 11.2 Å². The Hall–Kier alpha value is -1.86. The van der Waals surface area contributed by atoms with Crippen LogP contribution in [0, 0.1) is 0 Å². The van der Waals surface area contributed by atoms with E-state index in [-0.39, 0.29) is 23.6 Å². The van der Waals surface area contributed by atoms with Crippen molar-refractivity contribution < 1.29 is 24.9 Å². The number of ether oxygens (including phenoxy) is 1. The van der Waals surface area contributed by atoms with Crippen LogP contribution < -0.4 is 11.1 Å². The van der Waals surface area contributed by atoms with E-state index in [1.54, 1.807) is 0 Å². The van der Waals surface area contributed by atoms with Gasteiger partial charge in [0.1, 0.15) is 36.3 Å². The number of aromatic nitrogens is 4. The number of nitrogens with one attached hydrogen (secondary N) is 1. The highest BCUT2D eigenvalue weighted by atomic mass is 79.9. The molecule has 0 aliphatic carbocycles. The standard InChI is InChI=1S/C13H17BrN6O5/c14-1-6(22)16-2-5(21)10-8(23)9(24)13(25-10)20-4-19-7-11(15)17-3-18-12(7)20/h3-5,8-10,13,21,23-24H,1-2H2,(H,16,22)(H2,15,17,18). The number of halogens is 1. The molecule has 0 bridgehead atoms. The van der Waals surface area contributed by atoms with Crippen molar-refractivity contribution in [1.29, 1.82) is 0 Å². The lowest BCUT2D eigenvalue weighted by atomic mass is 10.1. The molecule has 1 aliphatic rings. The third kappa shape index (κ3) is 3.30. The fraction of sp³-hybridized carbons (Fsp3) is 0.538. The number of nitrogens with two attached hydrogens (primary N) is 1. The molecule has 11 nitrogen and oxygen atoms in total. The average Bonchev–Trinajstić information content (AvgIpc) is 3.15. The lowest BCUT2D eigenvalue weighted by Crippen LogP contribution is -2.45. The van der Waals surface area contributed by atoms with Gasteiger partial charge in [0, 0.05) is 6.54 Å². The van der Waals surface area contributed by atoms with Crippen LogP contribution in [0.15, 0.2) is 12.7 Å². The molecule has 1 aliphatic heterocycles. The number of aliphatic hydroxyl groups is 3. The molecule has 0 spiro atoms. The maximum absolute atomic E-state index is 11.2. The van der Waals surface area contributed by atoms with Crippen molar-refractivity contribution in [3.8, 4) is 0 Å². The summed E-state index contributed by atoms with van der Waals surface area (Å²) in [4.78, 5) is 23.2. The van der Waals surface area contributed by atoms with Gasteiger partial charge >= 0.3 is 0 Å². The van der Waals surface area contributed by atoms with Gasteiger partial charge in [-0.1, -0.05) is 15.9 Å². The molecule has 3 heterocycles. The number of nitrogens with zero attached hydrogens (tertiary/aromatic N) is 4. The summed E-state index contributed by atoms with van der Waals surface area (Å²) in [6.45, 7) is -0.134. The zero-order chi connectivity index (χ0) is 18.1. The predicted octanol–water partition coefficient (Wildman–Crippen LogP) is -2.10. The summed E-state index contributed by atoms with van der Waals surface area (Å²) >= 11 is 2.99. The fourth-order valence-electron chi connectivity index (χ4n) is 2.67. The van der Waals surface area contributed by atoms with Gasteiger partial charge in [-0.05, 0) is 0 Å². The molecule has 3 rings (SSSR count).